The second kappa shape index (κ2) is 6.89. The lowest BCUT2D eigenvalue weighted by Crippen LogP contribution is -2.50. The van der Waals surface area contributed by atoms with Gasteiger partial charge in [-0.1, -0.05) is 12.1 Å². The molecule has 128 valence electrons. The summed E-state index contributed by atoms with van der Waals surface area (Å²) in [5.41, 5.74) is -0.684. The van der Waals surface area contributed by atoms with E-state index in [0.29, 0.717) is 5.56 Å². The second-order valence-corrected chi connectivity index (χ2v) is 5.51. The Kier molecular flexibility index (Phi) is 5.63. The van der Waals surface area contributed by atoms with Crippen LogP contribution >= 0.6 is 0 Å². The van der Waals surface area contributed by atoms with Crippen LogP contribution in [0, 0.1) is 0 Å². The molecular weight excluding hydrogens is 315 g/mol. The number of halogens is 3. The first-order valence-electron chi connectivity index (χ1n) is 6.78. The van der Waals surface area contributed by atoms with Crippen LogP contribution in [-0.2, 0) is 16.0 Å². The lowest BCUT2D eigenvalue weighted by Gasteiger charge is -2.31. The predicted molar refractivity (Wildman–Crippen MR) is 75.9 cm³/mol. The fraction of sp³-hybridized carbons (Fsp3) is 0.467. The van der Waals surface area contributed by atoms with Crippen LogP contribution in [0.3, 0.4) is 0 Å². The van der Waals surface area contributed by atoms with Crippen molar-refractivity contribution in [1.29, 1.82) is 0 Å². The number of carbonyl (C=O) groups excluding carboxylic acids is 1. The Morgan fingerprint density at radius 2 is 1.70 bits per heavy atom. The normalized spacial score (nSPS) is 11.9. The van der Waals surface area contributed by atoms with Crippen molar-refractivity contribution in [3.05, 3.63) is 29.8 Å². The number of carboxylic acid groups (broad SMARTS) is 1. The highest BCUT2D eigenvalue weighted by molar-refractivity contribution is 5.86. The van der Waals surface area contributed by atoms with Gasteiger partial charge < -0.3 is 14.7 Å². The Morgan fingerprint density at radius 1 is 1.17 bits per heavy atom. The third kappa shape index (κ3) is 5.46. The van der Waals surface area contributed by atoms with E-state index < -0.39 is 17.9 Å². The minimum atomic E-state index is -4.75. The summed E-state index contributed by atoms with van der Waals surface area (Å²) in [5, 5.41) is 9.07. The average molecular weight is 333 g/mol. The van der Waals surface area contributed by atoms with Gasteiger partial charge in [0.25, 0.3) is 0 Å². The number of carbonyl (C=O) groups is 2. The van der Waals surface area contributed by atoms with Crippen LogP contribution in [0.4, 0.5) is 13.2 Å². The van der Waals surface area contributed by atoms with Crippen LogP contribution in [0.25, 0.3) is 0 Å². The van der Waals surface area contributed by atoms with Crippen molar-refractivity contribution < 1.29 is 32.6 Å². The number of likely N-dealkylation sites (N-methyl/N-ethyl adjacent to an activating group) is 1. The van der Waals surface area contributed by atoms with E-state index in [1.807, 2.05) is 0 Å². The fourth-order valence-electron chi connectivity index (χ4n) is 1.73. The molecule has 1 rings (SSSR count). The smallest absolute Gasteiger partial charge is 0.480 e. The summed E-state index contributed by atoms with van der Waals surface area (Å²) in [4.78, 5) is 24.2. The molecule has 5 nitrogen and oxygen atoms in total. The number of benzene rings is 1. The summed E-state index contributed by atoms with van der Waals surface area (Å²) in [6.45, 7) is 2.83. The number of nitrogens with zero attached hydrogens (tertiary/aromatic N) is 1. The highest BCUT2D eigenvalue weighted by Gasteiger charge is 2.34. The fourth-order valence-corrected chi connectivity index (χ4v) is 1.73. The van der Waals surface area contributed by atoms with Gasteiger partial charge in [0.05, 0.1) is 0 Å². The van der Waals surface area contributed by atoms with Crippen LogP contribution in [-0.4, -0.2) is 40.8 Å². The molecule has 0 unspecified atom stereocenters. The third-order valence-corrected chi connectivity index (χ3v) is 3.52. The van der Waals surface area contributed by atoms with Crippen molar-refractivity contribution in [2.24, 2.45) is 0 Å². The Hall–Kier alpha value is -2.25. The van der Waals surface area contributed by atoms with Crippen LogP contribution < -0.4 is 4.74 Å². The minimum Gasteiger partial charge on any atom is -0.480 e. The number of aliphatic carboxylic acids is 1. The van der Waals surface area contributed by atoms with Crippen LogP contribution in [0.2, 0.25) is 0 Å². The Bertz CT molecular complexity index is 567. The van der Waals surface area contributed by atoms with Crippen molar-refractivity contribution in [3.8, 4) is 5.75 Å². The highest BCUT2D eigenvalue weighted by Crippen LogP contribution is 2.23. The molecule has 1 amide bonds. The highest BCUT2D eigenvalue weighted by atomic mass is 19.4. The van der Waals surface area contributed by atoms with E-state index in [9.17, 15) is 22.8 Å². The van der Waals surface area contributed by atoms with Crippen LogP contribution in [0.5, 0.6) is 5.75 Å². The van der Waals surface area contributed by atoms with E-state index in [0.717, 1.165) is 17.0 Å². The summed E-state index contributed by atoms with van der Waals surface area (Å²) in [5.74, 6) is -1.83. The lowest BCUT2D eigenvalue weighted by atomic mass is 10.0. The van der Waals surface area contributed by atoms with Crippen molar-refractivity contribution in [3.63, 3.8) is 0 Å². The Labute approximate surface area is 131 Å². The van der Waals surface area contributed by atoms with Crippen molar-refractivity contribution >= 4 is 11.9 Å². The quantitative estimate of drug-likeness (QED) is 0.869. The molecule has 1 aromatic rings. The summed E-state index contributed by atoms with van der Waals surface area (Å²) in [6, 6.07) is 5.18. The van der Waals surface area contributed by atoms with Gasteiger partial charge >= 0.3 is 12.3 Å². The summed E-state index contributed by atoms with van der Waals surface area (Å²) in [6.07, 6.45) is -4.42. The summed E-state index contributed by atoms with van der Waals surface area (Å²) in [7, 11) is 1.40. The van der Waals surface area contributed by atoms with Gasteiger partial charge in [-0.25, -0.2) is 4.79 Å². The number of hydrogen-bond acceptors (Lipinski definition) is 3. The summed E-state index contributed by atoms with van der Waals surface area (Å²) < 4.78 is 39.9. The zero-order chi connectivity index (χ0) is 17.8. The first-order valence-corrected chi connectivity index (χ1v) is 6.78. The molecule has 0 aliphatic carbocycles. The number of amides is 1. The molecule has 0 heterocycles. The maximum absolute atomic E-state index is 12.0. The summed E-state index contributed by atoms with van der Waals surface area (Å²) >= 11 is 0. The van der Waals surface area contributed by atoms with E-state index in [2.05, 4.69) is 4.74 Å². The molecular formula is C15H18F3NO4. The standard InChI is InChI=1S/C15H18F3NO4/c1-14(2,13(21)22)19(3)12(20)9-6-10-4-7-11(8-5-10)23-15(16,17)18/h4-5,7-8H,6,9H2,1-3H3,(H,21,22). The van der Waals surface area contributed by atoms with E-state index >= 15 is 0 Å². The largest absolute Gasteiger partial charge is 0.573 e. The van der Waals surface area contributed by atoms with E-state index in [1.165, 1.54) is 33.0 Å². The molecule has 0 aliphatic heterocycles. The van der Waals surface area contributed by atoms with Crippen molar-refractivity contribution in [2.45, 2.75) is 38.6 Å². The SMILES string of the molecule is CN(C(=O)CCc1ccc(OC(F)(F)F)cc1)C(C)(C)C(=O)O. The molecule has 0 atom stereocenters. The molecule has 8 heteroatoms. The van der Waals surface area contributed by atoms with Gasteiger partial charge in [-0.05, 0) is 38.0 Å². The molecule has 0 aromatic heterocycles. The molecule has 1 N–H and O–H groups in total. The second-order valence-electron chi connectivity index (χ2n) is 5.51. The molecule has 0 saturated carbocycles. The number of carboxylic acids is 1. The number of ether oxygens (including phenoxy) is 1. The zero-order valence-corrected chi connectivity index (χ0v) is 13.0. The maximum Gasteiger partial charge on any atom is 0.573 e. The molecule has 23 heavy (non-hydrogen) atoms. The topological polar surface area (TPSA) is 66.8 Å². The predicted octanol–water partition coefficient (Wildman–Crippen LogP) is 2.84. The van der Waals surface area contributed by atoms with Crippen LogP contribution in [0.15, 0.2) is 24.3 Å². The van der Waals surface area contributed by atoms with Gasteiger partial charge in [-0.3, -0.25) is 4.79 Å². The van der Waals surface area contributed by atoms with E-state index in [-0.39, 0.29) is 24.5 Å². The number of alkyl halides is 3. The van der Waals surface area contributed by atoms with Gasteiger partial charge in [0.15, 0.2) is 0 Å². The lowest BCUT2D eigenvalue weighted by molar-refractivity contribution is -0.274. The van der Waals surface area contributed by atoms with Crippen molar-refractivity contribution in [2.75, 3.05) is 7.05 Å². The van der Waals surface area contributed by atoms with Crippen molar-refractivity contribution in [1.82, 2.24) is 4.90 Å². The Balaban J connectivity index is 2.61. The van der Waals surface area contributed by atoms with E-state index in [4.69, 9.17) is 5.11 Å². The Morgan fingerprint density at radius 3 is 2.13 bits per heavy atom. The maximum atomic E-state index is 12.0. The number of aryl methyl sites for hydroxylation is 1. The van der Waals surface area contributed by atoms with Crippen LogP contribution in [0.1, 0.15) is 25.8 Å². The van der Waals surface area contributed by atoms with E-state index in [1.54, 1.807) is 0 Å². The zero-order valence-electron chi connectivity index (χ0n) is 13.0. The molecule has 0 aliphatic rings. The average Bonchev–Trinajstić information content (AvgIpc) is 2.43. The first kappa shape index (κ1) is 18.8. The van der Waals surface area contributed by atoms with Gasteiger partial charge in [0, 0.05) is 13.5 Å². The van der Waals surface area contributed by atoms with Gasteiger partial charge in [0.1, 0.15) is 11.3 Å². The monoisotopic (exact) mass is 333 g/mol. The van der Waals surface area contributed by atoms with Gasteiger partial charge in [0.2, 0.25) is 5.91 Å². The number of hydrogen-bond donors (Lipinski definition) is 1. The molecule has 0 fully saturated rings. The first-order chi connectivity index (χ1) is 10.4. The molecule has 1 aromatic carbocycles. The van der Waals surface area contributed by atoms with Gasteiger partial charge in [-0.15, -0.1) is 13.2 Å². The van der Waals surface area contributed by atoms with Gasteiger partial charge in [-0.2, -0.15) is 0 Å². The molecule has 0 bridgehead atoms. The third-order valence-electron chi connectivity index (χ3n) is 3.52. The molecule has 0 saturated heterocycles. The number of rotatable bonds is 6. The minimum absolute atomic E-state index is 0.0483. The molecule has 0 radical (unpaired) electrons. The molecule has 0 spiro atoms.